The molecule has 0 fully saturated rings. The Morgan fingerprint density at radius 3 is 3.05 bits per heavy atom. The largest absolute Gasteiger partial charge is 0.338 e. The molecule has 116 valence electrons. The topological polar surface area (TPSA) is 62.2 Å². The molecule has 1 heterocycles. The van der Waals surface area contributed by atoms with Crippen LogP contribution in [0.3, 0.4) is 0 Å². The van der Waals surface area contributed by atoms with E-state index in [9.17, 15) is 4.79 Å². The number of amides is 2. The molecule has 6 nitrogen and oxygen atoms in total. The van der Waals surface area contributed by atoms with Gasteiger partial charge in [-0.3, -0.25) is 10.00 Å². The Kier molecular flexibility index (Phi) is 5.80. The van der Waals surface area contributed by atoms with Crippen molar-refractivity contribution in [2.45, 2.75) is 25.8 Å². The van der Waals surface area contributed by atoms with Crippen molar-refractivity contribution in [1.82, 2.24) is 20.0 Å². The number of carbonyl (C=O) groups excluding carboxylic acids is 1. The van der Waals surface area contributed by atoms with Crippen LogP contribution in [0.4, 0.5) is 10.6 Å². The number of allylic oxidation sites excluding steroid dienone is 2. The predicted octanol–water partition coefficient (Wildman–Crippen LogP) is 1.92. The molecule has 6 heteroatoms. The fraction of sp³-hybridized carbons (Fsp3) is 0.600. The first-order valence-electron chi connectivity index (χ1n) is 7.51. The molecular weight excluding hydrogens is 266 g/mol. The van der Waals surface area contributed by atoms with Gasteiger partial charge in [0.25, 0.3) is 0 Å². The van der Waals surface area contributed by atoms with Crippen LogP contribution in [0.15, 0.2) is 24.4 Å². The van der Waals surface area contributed by atoms with Crippen LogP contribution in [-0.4, -0.2) is 47.9 Å². The fourth-order valence-corrected chi connectivity index (χ4v) is 2.29. The molecular formula is C15H25N5O. The zero-order chi connectivity index (χ0) is 15.1. The van der Waals surface area contributed by atoms with E-state index in [0.29, 0.717) is 11.7 Å². The Bertz CT molecular complexity index is 480. The molecule has 21 heavy (non-hydrogen) atoms. The quantitative estimate of drug-likeness (QED) is 0.787. The van der Waals surface area contributed by atoms with Crippen molar-refractivity contribution in [2.75, 3.05) is 32.5 Å². The third kappa shape index (κ3) is 5.59. The van der Waals surface area contributed by atoms with Gasteiger partial charge in [-0.15, -0.1) is 0 Å². The summed E-state index contributed by atoms with van der Waals surface area (Å²) < 4.78 is 1.83. The third-order valence-electron chi connectivity index (χ3n) is 3.59. The first kappa shape index (κ1) is 15.6. The number of likely N-dealkylation sites (N-methyl/N-ethyl adjacent to an activating group) is 1. The molecule has 0 bridgehead atoms. The molecule has 0 radical (unpaired) electrons. The second kappa shape index (κ2) is 7.83. The van der Waals surface area contributed by atoms with Crippen LogP contribution in [0.1, 0.15) is 19.3 Å². The van der Waals surface area contributed by atoms with Crippen LogP contribution in [0.25, 0.3) is 0 Å². The number of nitrogens with one attached hydrogen (secondary N) is 2. The number of hydrogen-bond donors (Lipinski definition) is 2. The fourth-order valence-electron chi connectivity index (χ4n) is 2.29. The SMILES string of the molecule is CN(C)CCn1ccc(NC(=O)NC[C@H]2CC=CCC2)n1. The van der Waals surface area contributed by atoms with Gasteiger partial charge in [-0.25, -0.2) is 4.79 Å². The van der Waals surface area contributed by atoms with Crippen LogP contribution in [0.5, 0.6) is 0 Å². The smallest absolute Gasteiger partial charge is 0.320 e. The highest BCUT2D eigenvalue weighted by molar-refractivity contribution is 5.88. The third-order valence-corrected chi connectivity index (χ3v) is 3.59. The molecule has 0 spiro atoms. The van der Waals surface area contributed by atoms with Gasteiger partial charge in [-0.1, -0.05) is 12.2 Å². The molecule has 2 amide bonds. The van der Waals surface area contributed by atoms with E-state index in [0.717, 1.165) is 38.9 Å². The highest BCUT2D eigenvalue weighted by atomic mass is 16.2. The molecule has 1 aliphatic carbocycles. The Morgan fingerprint density at radius 2 is 2.33 bits per heavy atom. The maximum absolute atomic E-state index is 11.8. The zero-order valence-corrected chi connectivity index (χ0v) is 12.9. The van der Waals surface area contributed by atoms with Crippen LogP contribution in [0, 0.1) is 5.92 Å². The number of carbonyl (C=O) groups is 1. The number of anilines is 1. The van der Waals surface area contributed by atoms with Crippen molar-refractivity contribution in [1.29, 1.82) is 0 Å². The molecule has 0 saturated carbocycles. The van der Waals surface area contributed by atoms with Gasteiger partial charge in [-0.2, -0.15) is 5.10 Å². The van der Waals surface area contributed by atoms with Crippen LogP contribution >= 0.6 is 0 Å². The summed E-state index contributed by atoms with van der Waals surface area (Å²) in [5.41, 5.74) is 0. The summed E-state index contributed by atoms with van der Waals surface area (Å²) in [6, 6.07) is 1.64. The molecule has 2 rings (SSSR count). The Balaban J connectivity index is 1.70. The number of urea groups is 1. The average molecular weight is 291 g/mol. The van der Waals surface area contributed by atoms with Gasteiger partial charge >= 0.3 is 6.03 Å². The van der Waals surface area contributed by atoms with E-state index >= 15 is 0 Å². The van der Waals surface area contributed by atoms with E-state index in [1.807, 2.05) is 31.0 Å². The van der Waals surface area contributed by atoms with Crippen molar-refractivity contribution in [2.24, 2.45) is 5.92 Å². The zero-order valence-electron chi connectivity index (χ0n) is 12.9. The first-order valence-corrected chi connectivity index (χ1v) is 7.51. The monoisotopic (exact) mass is 291 g/mol. The van der Waals surface area contributed by atoms with Crippen LogP contribution in [-0.2, 0) is 6.54 Å². The highest BCUT2D eigenvalue weighted by Crippen LogP contribution is 2.16. The minimum Gasteiger partial charge on any atom is -0.338 e. The van der Waals surface area contributed by atoms with E-state index in [1.165, 1.54) is 0 Å². The maximum Gasteiger partial charge on any atom is 0.320 e. The summed E-state index contributed by atoms with van der Waals surface area (Å²) in [5.74, 6) is 1.15. The van der Waals surface area contributed by atoms with Gasteiger partial charge in [0.15, 0.2) is 5.82 Å². The van der Waals surface area contributed by atoms with Gasteiger partial charge in [0.05, 0.1) is 6.54 Å². The van der Waals surface area contributed by atoms with E-state index in [4.69, 9.17) is 0 Å². The minimum atomic E-state index is -0.178. The normalized spacial score (nSPS) is 18.0. The second-order valence-electron chi connectivity index (χ2n) is 5.75. The molecule has 1 aromatic rings. The molecule has 0 unspecified atom stereocenters. The highest BCUT2D eigenvalue weighted by Gasteiger charge is 2.11. The van der Waals surface area contributed by atoms with Gasteiger partial charge in [-0.05, 0) is 39.3 Å². The lowest BCUT2D eigenvalue weighted by Crippen LogP contribution is -2.33. The van der Waals surface area contributed by atoms with Gasteiger partial charge in [0, 0.05) is 25.4 Å². The summed E-state index contributed by atoms with van der Waals surface area (Å²) in [7, 11) is 4.05. The van der Waals surface area contributed by atoms with E-state index in [2.05, 4.69) is 32.8 Å². The number of rotatable bonds is 6. The molecule has 0 saturated heterocycles. The van der Waals surface area contributed by atoms with Gasteiger partial charge in [0.2, 0.25) is 0 Å². The summed E-state index contributed by atoms with van der Waals surface area (Å²) in [5, 5.41) is 10.0. The predicted molar refractivity (Wildman–Crippen MR) is 84.3 cm³/mol. The lowest BCUT2D eigenvalue weighted by molar-refractivity contribution is 0.249. The lowest BCUT2D eigenvalue weighted by atomic mass is 9.94. The van der Waals surface area contributed by atoms with Crippen molar-refractivity contribution in [3.05, 3.63) is 24.4 Å². The minimum absolute atomic E-state index is 0.178. The molecule has 1 atom stereocenters. The standard InChI is InChI=1S/C15H25N5O/c1-19(2)10-11-20-9-8-14(18-20)17-15(21)16-12-13-6-4-3-5-7-13/h3-4,8-9,13H,5-7,10-12H2,1-2H3,(H2,16,17,18,21)/t13-/m0/s1. The molecule has 0 aromatic carbocycles. The van der Waals surface area contributed by atoms with Crippen LogP contribution in [0.2, 0.25) is 0 Å². The maximum atomic E-state index is 11.8. The van der Waals surface area contributed by atoms with E-state index < -0.39 is 0 Å². The van der Waals surface area contributed by atoms with Gasteiger partial charge in [0.1, 0.15) is 0 Å². The first-order chi connectivity index (χ1) is 10.1. The molecule has 1 aliphatic rings. The summed E-state index contributed by atoms with van der Waals surface area (Å²) in [6.45, 7) is 2.45. The van der Waals surface area contributed by atoms with Crippen LogP contribution < -0.4 is 10.6 Å². The van der Waals surface area contributed by atoms with E-state index in [-0.39, 0.29) is 6.03 Å². The Hall–Kier alpha value is -1.82. The van der Waals surface area contributed by atoms with Crippen molar-refractivity contribution in [3.8, 4) is 0 Å². The summed E-state index contributed by atoms with van der Waals surface area (Å²) in [6.07, 6.45) is 9.60. The van der Waals surface area contributed by atoms with Crippen molar-refractivity contribution < 1.29 is 4.79 Å². The number of hydrogen-bond acceptors (Lipinski definition) is 3. The summed E-state index contributed by atoms with van der Waals surface area (Å²) >= 11 is 0. The molecule has 0 aliphatic heterocycles. The second-order valence-corrected chi connectivity index (χ2v) is 5.75. The van der Waals surface area contributed by atoms with Crippen molar-refractivity contribution >= 4 is 11.8 Å². The van der Waals surface area contributed by atoms with Gasteiger partial charge < -0.3 is 10.2 Å². The van der Waals surface area contributed by atoms with E-state index in [1.54, 1.807) is 0 Å². The summed E-state index contributed by atoms with van der Waals surface area (Å²) in [4.78, 5) is 13.9. The Labute approximate surface area is 126 Å². The molecule has 2 N–H and O–H groups in total. The van der Waals surface area contributed by atoms with Crippen molar-refractivity contribution in [3.63, 3.8) is 0 Å². The Morgan fingerprint density at radius 1 is 1.48 bits per heavy atom. The lowest BCUT2D eigenvalue weighted by Gasteiger charge is -2.17. The number of aromatic nitrogens is 2. The molecule has 1 aromatic heterocycles. The average Bonchev–Trinajstić information content (AvgIpc) is 2.91. The number of nitrogens with zero attached hydrogens (tertiary/aromatic N) is 3.